The van der Waals surface area contributed by atoms with Gasteiger partial charge in [-0.05, 0) is 44.1 Å². The van der Waals surface area contributed by atoms with Gasteiger partial charge in [0.1, 0.15) is 11.1 Å². The van der Waals surface area contributed by atoms with Gasteiger partial charge in [0.25, 0.3) is 0 Å². The summed E-state index contributed by atoms with van der Waals surface area (Å²) in [5.41, 5.74) is 0.590. The van der Waals surface area contributed by atoms with Gasteiger partial charge >= 0.3 is 0 Å². The van der Waals surface area contributed by atoms with Crippen LogP contribution in [0.15, 0.2) is 42.9 Å². The van der Waals surface area contributed by atoms with E-state index in [4.69, 9.17) is 4.74 Å². The Kier molecular flexibility index (Phi) is 8.26. The number of hydrogen-bond donors (Lipinski definition) is 2. The van der Waals surface area contributed by atoms with Gasteiger partial charge in [-0.25, -0.2) is 4.98 Å². The zero-order chi connectivity index (χ0) is 24.7. The first-order valence-electron chi connectivity index (χ1n) is 13.2. The van der Waals surface area contributed by atoms with Crippen LogP contribution in [-0.4, -0.2) is 51.9 Å². The van der Waals surface area contributed by atoms with Crippen molar-refractivity contribution in [3.63, 3.8) is 0 Å². The van der Waals surface area contributed by atoms with E-state index in [0.29, 0.717) is 32.5 Å². The van der Waals surface area contributed by atoms with Gasteiger partial charge in [-0.1, -0.05) is 62.9 Å². The van der Waals surface area contributed by atoms with Crippen molar-refractivity contribution in [2.75, 3.05) is 19.7 Å². The Morgan fingerprint density at radius 1 is 1.20 bits per heavy atom. The maximum absolute atomic E-state index is 14.0. The van der Waals surface area contributed by atoms with Gasteiger partial charge in [0, 0.05) is 19.2 Å². The van der Waals surface area contributed by atoms with Crippen LogP contribution in [0.5, 0.6) is 0 Å². The minimum Gasteiger partial charge on any atom is -0.367 e. The second kappa shape index (κ2) is 11.4. The van der Waals surface area contributed by atoms with Gasteiger partial charge in [-0.3, -0.25) is 9.59 Å². The quantitative estimate of drug-likeness (QED) is 0.468. The predicted molar refractivity (Wildman–Crippen MR) is 136 cm³/mol. The van der Waals surface area contributed by atoms with Gasteiger partial charge in [0.2, 0.25) is 11.8 Å². The van der Waals surface area contributed by atoms with Gasteiger partial charge in [0.05, 0.1) is 25.1 Å². The number of hydrogen-bond acceptors (Lipinski definition) is 4. The average molecular weight is 481 g/mol. The minimum absolute atomic E-state index is 0.0168. The molecule has 0 radical (unpaired) electrons. The Balaban J connectivity index is 1.48. The van der Waals surface area contributed by atoms with Crippen LogP contribution in [-0.2, 0) is 26.3 Å². The second-order valence-electron chi connectivity index (χ2n) is 10.4. The van der Waals surface area contributed by atoms with Crippen LogP contribution in [0.25, 0.3) is 0 Å². The maximum Gasteiger partial charge on any atom is 0.248 e. The number of benzene rings is 1. The third-order valence-electron chi connectivity index (χ3n) is 7.78. The summed E-state index contributed by atoms with van der Waals surface area (Å²) in [4.78, 5) is 36.0. The van der Waals surface area contributed by atoms with Crippen LogP contribution in [0.4, 0.5) is 0 Å². The largest absolute Gasteiger partial charge is 0.367 e. The number of nitrogens with zero attached hydrogens (tertiary/aromatic N) is 2. The molecule has 1 aromatic heterocycles. The Labute approximate surface area is 209 Å². The van der Waals surface area contributed by atoms with Crippen molar-refractivity contribution in [1.82, 2.24) is 20.2 Å². The molecule has 1 aromatic carbocycles. The molecule has 2 fully saturated rings. The number of imidazole rings is 1. The van der Waals surface area contributed by atoms with E-state index in [-0.39, 0.29) is 17.7 Å². The summed E-state index contributed by atoms with van der Waals surface area (Å²) in [5.74, 6) is 0.0671. The number of carbonyl (C=O) groups is 2. The number of likely N-dealkylation sites (tertiary alicyclic amines) is 1. The fourth-order valence-electron chi connectivity index (χ4n) is 5.58. The highest BCUT2D eigenvalue weighted by Crippen LogP contribution is 2.40. The smallest absolute Gasteiger partial charge is 0.248 e. The van der Waals surface area contributed by atoms with Gasteiger partial charge in [-0.15, -0.1) is 0 Å². The molecule has 2 amide bonds. The molecule has 1 aliphatic carbocycles. The number of aryl methyl sites for hydroxylation is 1. The third kappa shape index (κ3) is 5.77. The number of ether oxygens (including phenoxy) is 1. The molecule has 2 aromatic rings. The topological polar surface area (TPSA) is 87.3 Å². The highest BCUT2D eigenvalue weighted by atomic mass is 16.5. The molecular formula is C28H40N4O3. The van der Waals surface area contributed by atoms with Crippen LogP contribution in [0, 0.1) is 5.92 Å². The number of H-pyrrole nitrogens is 1. The molecule has 190 valence electrons. The molecular weight excluding hydrogens is 440 g/mol. The zero-order valence-corrected chi connectivity index (χ0v) is 21.2. The number of aromatic amines is 1. The lowest BCUT2D eigenvalue weighted by Gasteiger charge is -2.53. The maximum atomic E-state index is 14.0. The number of amides is 2. The normalized spacial score (nSPS) is 19.5. The van der Waals surface area contributed by atoms with Crippen molar-refractivity contribution >= 4 is 11.8 Å². The van der Waals surface area contributed by atoms with Crippen LogP contribution < -0.4 is 5.32 Å². The molecule has 2 aliphatic rings. The zero-order valence-electron chi connectivity index (χ0n) is 21.2. The van der Waals surface area contributed by atoms with E-state index < -0.39 is 11.1 Å². The first-order valence-corrected chi connectivity index (χ1v) is 13.2. The summed E-state index contributed by atoms with van der Waals surface area (Å²) in [6.07, 6.45) is 11.7. The van der Waals surface area contributed by atoms with E-state index in [1.165, 1.54) is 6.42 Å². The lowest BCUT2D eigenvalue weighted by atomic mass is 9.73. The number of rotatable bonds is 11. The van der Waals surface area contributed by atoms with E-state index in [0.717, 1.165) is 49.8 Å². The highest BCUT2D eigenvalue weighted by Gasteiger charge is 2.53. The summed E-state index contributed by atoms with van der Waals surface area (Å²) in [6.45, 7) is 5.81. The SMILES string of the molecule is CCCCOC1(c2ccccc2)CN(C(=O)[C@](C)(NC(=O)CCc2c[nH]cn2)C2CCCCC2)C1. The van der Waals surface area contributed by atoms with Gasteiger partial charge in [0.15, 0.2) is 0 Å². The Hall–Kier alpha value is -2.67. The first-order chi connectivity index (χ1) is 17.0. The third-order valence-corrected chi connectivity index (χ3v) is 7.78. The molecule has 35 heavy (non-hydrogen) atoms. The van der Waals surface area contributed by atoms with Crippen molar-refractivity contribution in [1.29, 1.82) is 0 Å². The minimum atomic E-state index is -0.907. The fourth-order valence-corrected chi connectivity index (χ4v) is 5.58. The average Bonchev–Trinajstić information content (AvgIpc) is 3.39. The molecule has 7 nitrogen and oxygen atoms in total. The molecule has 0 unspecified atom stereocenters. The van der Waals surface area contributed by atoms with E-state index in [9.17, 15) is 9.59 Å². The summed E-state index contributed by atoms with van der Waals surface area (Å²) in [6, 6.07) is 10.2. The molecule has 7 heteroatoms. The van der Waals surface area contributed by atoms with E-state index >= 15 is 0 Å². The lowest BCUT2D eigenvalue weighted by Crippen LogP contribution is -2.70. The summed E-state index contributed by atoms with van der Waals surface area (Å²) < 4.78 is 6.40. The summed E-state index contributed by atoms with van der Waals surface area (Å²) in [7, 11) is 0. The van der Waals surface area contributed by atoms with Crippen LogP contribution in [0.1, 0.15) is 76.5 Å². The predicted octanol–water partition coefficient (Wildman–Crippen LogP) is 4.35. The van der Waals surface area contributed by atoms with Gasteiger partial charge < -0.3 is 19.9 Å². The number of carbonyl (C=O) groups excluding carboxylic acids is 2. The molecule has 1 saturated heterocycles. The summed E-state index contributed by atoms with van der Waals surface area (Å²) in [5, 5.41) is 3.18. The fraction of sp³-hybridized carbons (Fsp3) is 0.607. The lowest BCUT2D eigenvalue weighted by molar-refractivity contribution is -0.181. The first kappa shape index (κ1) is 25.4. The van der Waals surface area contributed by atoms with Crippen LogP contribution in [0.2, 0.25) is 0 Å². The Morgan fingerprint density at radius 3 is 2.60 bits per heavy atom. The molecule has 1 saturated carbocycles. The van der Waals surface area contributed by atoms with Crippen molar-refractivity contribution in [3.8, 4) is 0 Å². The molecule has 0 spiro atoms. The van der Waals surface area contributed by atoms with Gasteiger partial charge in [-0.2, -0.15) is 0 Å². The summed E-state index contributed by atoms with van der Waals surface area (Å²) >= 11 is 0. The monoisotopic (exact) mass is 480 g/mol. The number of nitrogens with one attached hydrogen (secondary N) is 2. The second-order valence-corrected chi connectivity index (χ2v) is 10.4. The standard InChI is InChI=1S/C28H40N4O3/c1-3-4-17-35-28(23-13-9-6-10-14-23)19-32(20-28)26(34)27(2,22-11-7-5-8-12-22)31-25(33)16-15-24-18-29-21-30-24/h6,9-10,13-14,18,21-22H,3-5,7-8,11-12,15-17,19-20H2,1-2H3,(H,29,30)(H,31,33)/t27-/m1/s1. The molecule has 1 aliphatic heterocycles. The van der Waals surface area contributed by atoms with Crippen molar-refractivity contribution in [2.45, 2.75) is 82.8 Å². The van der Waals surface area contributed by atoms with Crippen molar-refractivity contribution < 1.29 is 14.3 Å². The van der Waals surface area contributed by atoms with E-state index in [1.807, 2.05) is 30.0 Å². The Bertz CT molecular complexity index is 950. The molecule has 1 atom stereocenters. The number of aromatic nitrogens is 2. The Morgan fingerprint density at radius 2 is 1.94 bits per heavy atom. The van der Waals surface area contributed by atoms with Crippen LogP contribution in [0.3, 0.4) is 0 Å². The van der Waals surface area contributed by atoms with E-state index in [1.54, 1.807) is 12.5 Å². The molecule has 0 bridgehead atoms. The number of unbranched alkanes of at least 4 members (excludes halogenated alkanes) is 1. The molecule has 2 N–H and O–H groups in total. The molecule has 4 rings (SSSR count). The van der Waals surface area contributed by atoms with Crippen molar-refractivity contribution in [2.24, 2.45) is 5.92 Å². The molecule has 2 heterocycles. The highest BCUT2D eigenvalue weighted by molar-refractivity contribution is 5.92. The van der Waals surface area contributed by atoms with Crippen LogP contribution >= 0.6 is 0 Å². The van der Waals surface area contributed by atoms with E-state index in [2.05, 4.69) is 34.3 Å². The van der Waals surface area contributed by atoms with Crippen molar-refractivity contribution in [3.05, 3.63) is 54.1 Å².